The van der Waals surface area contributed by atoms with Crippen LogP contribution in [0, 0.1) is 0 Å². The predicted octanol–water partition coefficient (Wildman–Crippen LogP) is 3.06. The number of carbonyl (C=O) groups is 3. The molecule has 0 aliphatic heterocycles. The molecule has 3 amide bonds. The Labute approximate surface area is 204 Å². The lowest BCUT2D eigenvalue weighted by Gasteiger charge is -2.20. The number of benzene rings is 1. The Kier molecular flexibility index (Phi) is 8.06. The standard InChI is InChI=1S/C25H32N6O4/c1-25(2,3)35-24(34)29-12-9-21(32)31(4)13-5-10-28-23-18-8-11-27-15-19(18)17-7-6-16(22(26)33)14-20(17)30-23/h6-8,11,14-15H,5,9-10,12-13H2,1-4H3,(H2,26,33)(H,28,30)(H,29,34). The van der Waals surface area contributed by atoms with Crippen LogP contribution in [0.2, 0.25) is 0 Å². The summed E-state index contributed by atoms with van der Waals surface area (Å²) in [5, 5.41) is 8.64. The number of carbonyl (C=O) groups excluding carboxylic acids is 3. The molecule has 0 aliphatic rings. The Bertz CT molecular complexity index is 1240. The summed E-state index contributed by atoms with van der Waals surface area (Å²) in [6.45, 7) is 6.68. The number of primary amides is 1. The molecule has 4 N–H and O–H groups in total. The van der Waals surface area contributed by atoms with Crippen molar-refractivity contribution in [2.24, 2.45) is 5.73 Å². The molecule has 0 unspecified atom stereocenters. The Hall–Kier alpha value is -3.95. The van der Waals surface area contributed by atoms with Gasteiger partial charge in [0.15, 0.2) is 0 Å². The summed E-state index contributed by atoms with van der Waals surface area (Å²) < 4.78 is 5.16. The van der Waals surface area contributed by atoms with Gasteiger partial charge in [-0.25, -0.2) is 9.78 Å². The molecule has 0 fully saturated rings. The van der Waals surface area contributed by atoms with Crippen molar-refractivity contribution in [3.63, 3.8) is 0 Å². The van der Waals surface area contributed by atoms with E-state index in [1.54, 1.807) is 57.2 Å². The highest BCUT2D eigenvalue weighted by Gasteiger charge is 2.16. The van der Waals surface area contributed by atoms with E-state index in [4.69, 9.17) is 15.5 Å². The fraction of sp³-hybridized carbons (Fsp3) is 0.400. The van der Waals surface area contributed by atoms with Gasteiger partial charge in [0.1, 0.15) is 11.4 Å². The third-order valence-corrected chi connectivity index (χ3v) is 5.28. The van der Waals surface area contributed by atoms with Crippen molar-refractivity contribution in [2.45, 2.75) is 39.2 Å². The van der Waals surface area contributed by atoms with Crippen LogP contribution in [0.5, 0.6) is 0 Å². The normalized spacial score (nSPS) is 11.3. The van der Waals surface area contributed by atoms with E-state index in [-0.39, 0.29) is 18.9 Å². The van der Waals surface area contributed by atoms with Crippen LogP contribution in [-0.4, -0.2) is 65.1 Å². The Morgan fingerprint density at radius 3 is 2.57 bits per heavy atom. The lowest BCUT2D eigenvalue weighted by Crippen LogP contribution is -2.36. The molecule has 2 heterocycles. The summed E-state index contributed by atoms with van der Waals surface area (Å²) in [6, 6.07) is 7.07. The van der Waals surface area contributed by atoms with E-state index in [0.29, 0.717) is 36.4 Å². The highest BCUT2D eigenvalue weighted by molar-refractivity contribution is 6.11. The molecular formula is C25H32N6O4. The van der Waals surface area contributed by atoms with Gasteiger partial charge in [-0.1, -0.05) is 6.07 Å². The summed E-state index contributed by atoms with van der Waals surface area (Å²) in [4.78, 5) is 46.2. The first-order valence-corrected chi connectivity index (χ1v) is 11.5. The lowest BCUT2D eigenvalue weighted by atomic mass is 10.1. The highest BCUT2D eigenvalue weighted by atomic mass is 16.6. The van der Waals surface area contributed by atoms with Gasteiger partial charge in [-0.3, -0.25) is 14.6 Å². The number of hydrogen-bond donors (Lipinski definition) is 3. The van der Waals surface area contributed by atoms with Crippen LogP contribution in [0.3, 0.4) is 0 Å². The number of nitrogens with zero attached hydrogens (tertiary/aromatic N) is 3. The summed E-state index contributed by atoms with van der Waals surface area (Å²) in [7, 11) is 1.73. The molecule has 1 aromatic carbocycles. The number of anilines is 1. The van der Waals surface area contributed by atoms with E-state index in [9.17, 15) is 14.4 Å². The maximum absolute atomic E-state index is 12.3. The van der Waals surface area contributed by atoms with Gasteiger partial charge in [-0.15, -0.1) is 0 Å². The van der Waals surface area contributed by atoms with Crippen molar-refractivity contribution in [3.8, 4) is 0 Å². The summed E-state index contributed by atoms with van der Waals surface area (Å²) >= 11 is 0. The molecule has 0 bridgehead atoms. The van der Waals surface area contributed by atoms with Crippen LogP contribution in [0.1, 0.15) is 44.0 Å². The van der Waals surface area contributed by atoms with Crippen molar-refractivity contribution < 1.29 is 19.1 Å². The molecule has 2 aromatic heterocycles. The molecular weight excluding hydrogens is 448 g/mol. The Morgan fingerprint density at radius 1 is 1.09 bits per heavy atom. The SMILES string of the molecule is CN(CCCNc1nc2cc(C(N)=O)ccc2c2cnccc12)C(=O)CCNC(=O)OC(C)(C)C. The van der Waals surface area contributed by atoms with Crippen LogP contribution < -0.4 is 16.4 Å². The molecule has 35 heavy (non-hydrogen) atoms. The van der Waals surface area contributed by atoms with Gasteiger partial charge in [-0.05, 0) is 45.4 Å². The number of pyridine rings is 2. The fourth-order valence-corrected chi connectivity index (χ4v) is 3.56. The minimum absolute atomic E-state index is 0.0691. The molecule has 3 rings (SSSR count). The maximum atomic E-state index is 12.3. The average Bonchev–Trinajstić information content (AvgIpc) is 2.79. The number of ether oxygens (including phenoxy) is 1. The summed E-state index contributed by atoms with van der Waals surface area (Å²) in [5.41, 5.74) is 5.88. The van der Waals surface area contributed by atoms with Crippen molar-refractivity contribution in [2.75, 3.05) is 32.0 Å². The molecule has 0 aliphatic carbocycles. The van der Waals surface area contributed by atoms with E-state index in [1.807, 2.05) is 12.1 Å². The van der Waals surface area contributed by atoms with Gasteiger partial charge in [0.05, 0.1) is 5.52 Å². The number of fused-ring (bicyclic) bond motifs is 3. The molecule has 186 valence electrons. The van der Waals surface area contributed by atoms with Crippen LogP contribution in [0.25, 0.3) is 21.7 Å². The third-order valence-electron chi connectivity index (χ3n) is 5.28. The Morgan fingerprint density at radius 2 is 1.86 bits per heavy atom. The van der Waals surface area contributed by atoms with E-state index in [1.165, 1.54) is 0 Å². The molecule has 0 saturated heterocycles. The number of amides is 3. The summed E-state index contributed by atoms with van der Waals surface area (Å²) in [5.74, 6) is 0.0935. The molecule has 10 heteroatoms. The second kappa shape index (κ2) is 11.0. The van der Waals surface area contributed by atoms with E-state index in [2.05, 4.69) is 15.6 Å². The van der Waals surface area contributed by atoms with Gasteiger partial charge in [-0.2, -0.15) is 0 Å². The zero-order chi connectivity index (χ0) is 25.6. The number of nitrogens with two attached hydrogens (primary N) is 1. The first-order valence-electron chi connectivity index (χ1n) is 11.5. The monoisotopic (exact) mass is 480 g/mol. The van der Waals surface area contributed by atoms with Crippen LogP contribution in [-0.2, 0) is 9.53 Å². The fourth-order valence-electron chi connectivity index (χ4n) is 3.56. The molecule has 0 radical (unpaired) electrons. The lowest BCUT2D eigenvalue weighted by molar-refractivity contribution is -0.129. The second-order valence-electron chi connectivity index (χ2n) is 9.25. The molecule has 0 atom stereocenters. The molecule has 0 spiro atoms. The zero-order valence-corrected chi connectivity index (χ0v) is 20.6. The van der Waals surface area contributed by atoms with E-state index in [0.717, 1.165) is 16.2 Å². The van der Waals surface area contributed by atoms with E-state index >= 15 is 0 Å². The van der Waals surface area contributed by atoms with E-state index < -0.39 is 17.6 Å². The van der Waals surface area contributed by atoms with Gasteiger partial charge in [0.2, 0.25) is 11.8 Å². The quantitative estimate of drug-likeness (QED) is 0.316. The average molecular weight is 481 g/mol. The van der Waals surface area contributed by atoms with Gasteiger partial charge in [0, 0.05) is 67.2 Å². The van der Waals surface area contributed by atoms with Crippen LogP contribution >= 0.6 is 0 Å². The van der Waals surface area contributed by atoms with Crippen molar-refractivity contribution >= 4 is 45.4 Å². The van der Waals surface area contributed by atoms with Crippen molar-refractivity contribution in [1.82, 2.24) is 20.2 Å². The molecule has 3 aromatic rings. The highest BCUT2D eigenvalue weighted by Crippen LogP contribution is 2.29. The van der Waals surface area contributed by atoms with Crippen molar-refractivity contribution in [1.29, 1.82) is 0 Å². The predicted molar refractivity (Wildman–Crippen MR) is 135 cm³/mol. The number of hydrogen-bond acceptors (Lipinski definition) is 7. The number of nitrogens with one attached hydrogen (secondary N) is 2. The Balaban J connectivity index is 1.55. The smallest absolute Gasteiger partial charge is 0.407 e. The second-order valence-corrected chi connectivity index (χ2v) is 9.25. The van der Waals surface area contributed by atoms with Gasteiger partial charge < -0.3 is 26.0 Å². The first-order chi connectivity index (χ1) is 16.5. The van der Waals surface area contributed by atoms with Crippen LogP contribution in [0.15, 0.2) is 36.7 Å². The van der Waals surface area contributed by atoms with Gasteiger partial charge >= 0.3 is 6.09 Å². The van der Waals surface area contributed by atoms with Crippen LogP contribution in [0.4, 0.5) is 10.6 Å². The number of alkyl carbamates (subject to hydrolysis) is 1. The minimum Gasteiger partial charge on any atom is -0.444 e. The zero-order valence-electron chi connectivity index (χ0n) is 20.6. The number of aromatic nitrogens is 2. The topological polar surface area (TPSA) is 140 Å². The third kappa shape index (κ3) is 7.02. The molecule has 0 saturated carbocycles. The maximum Gasteiger partial charge on any atom is 0.407 e. The molecule has 10 nitrogen and oxygen atoms in total. The van der Waals surface area contributed by atoms with Crippen molar-refractivity contribution in [3.05, 3.63) is 42.2 Å². The number of rotatable bonds is 9. The minimum atomic E-state index is -0.580. The first kappa shape index (κ1) is 25.7. The summed E-state index contributed by atoms with van der Waals surface area (Å²) in [6.07, 6.45) is 3.82. The van der Waals surface area contributed by atoms with Gasteiger partial charge in [0.25, 0.3) is 0 Å². The largest absolute Gasteiger partial charge is 0.444 e.